The molecule has 0 aliphatic heterocycles. The van der Waals surface area contributed by atoms with Gasteiger partial charge in [0.25, 0.3) is 5.91 Å². The van der Waals surface area contributed by atoms with Gasteiger partial charge >= 0.3 is 0 Å². The van der Waals surface area contributed by atoms with Crippen molar-refractivity contribution in [1.29, 1.82) is 0 Å². The van der Waals surface area contributed by atoms with Crippen LogP contribution in [-0.2, 0) is 9.59 Å². The number of nitrogens with zero attached hydrogens (tertiary/aromatic N) is 1. The van der Waals surface area contributed by atoms with Crippen molar-refractivity contribution in [3.05, 3.63) is 58.1 Å². The SMILES string of the molecule is Cc1cc(C)c(NC(=O)CN(C)C(=O)COc2cccc(Cl)c2)c(C)c1. The van der Waals surface area contributed by atoms with E-state index in [-0.39, 0.29) is 25.0 Å². The summed E-state index contributed by atoms with van der Waals surface area (Å²) >= 11 is 5.88. The molecule has 0 aliphatic carbocycles. The minimum absolute atomic E-state index is 0.0511. The van der Waals surface area contributed by atoms with Crippen LogP contribution in [0.1, 0.15) is 16.7 Å². The number of likely N-dealkylation sites (N-methyl/N-ethyl adjacent to an activating group) is 1. The number of aryl methyl sites for hydroxylation is 3. The predicted octanol–water partition coefficient (Wildman–Crippen LogP) is 3.74. The maximum Gasteiger partial charge on any atom is 0.260 e. The third-order valence-electron chi connectivity index (χ3n) is 3.91. The van der Waals surface area contributed by atoms with Crippen LogP contribution in [0.4, 0.5) is 5.69 Å². The fraction of sp³-hybridized carbons (Fsp3) is 0.300. The summed E-state index contributed by atoms with van der Waals surface area (Å²) < 4.78 is 5.41. The molecule has 0 saturated carbocycles. The molecule has 0 radical (unpaired) electrons. The molecule has 0 fully saturated rings. The van der Waals surface area contributed by atoms with Crippen LogP contribution in [0, 0.1) is 20.8 Å². The van der Waals surface area contributed by atoms with Gasteiger partial charge in [0.05, 0.1) is 6.54 Å². The largest absolute Gasteiger partial charge is 0.484 e. The number of amides is 2. The first-order chi connectivity index (χ1) is 12.3. The quantitative estimate of drug-likeness (QED) is 0.837. The highest BCUT2D eigenvalue weighted by molar-refractivity contribution is 6.30. The number of nitrogens with one attached hydrogen (secondary N) is 1. The van der Waals surface area contributed by atoms with E-state index in [0.717, 1.165) is 22.4 Å². The number of anilines is 1. The van der Waals surface area contributed by atoms with Gasteiger partial charge in [0.1, 0.15) is 5.75 Å². The van der Waals surface area contributed by atoms with Crippen LogP contribution < -0.4 is 10.1 Å². The molecule has 2 rings (SSSR count). The second kappa shape index (κ2) is 8.72. The summed E-state index contributed by atoms with van der Waals surface area (Å²) in [5.74, 6) is -0.0364. The zero-order valence-electron chi connectivity index (χ0n) is 15.4. The topological polar surface area (TPSA) is 58.6 Å². The van der Waals surface area contributed by atoms with Gasteiger partial charge in [0.2, 0.25) is 5.91 Å². The molecular formula is C20H23ClN2O3. The Hall–Kier alpha value is -2.53. The van der Waals surface area contributed by atoms with Gasteiger partial charge in [-0.25, -0.2) is 0 Å². The van der Waals surface area contributed by atoms with E-state index in [1.807, 2.05) is 32.9 Å². The Morgan fingerprint density at radius 3 is 2.38 bits per heavy atom. The summed E-state index contributed by atoms with van der Waals surface area (Å²) in [5, 5.41) is 3.42. The first kappa shape index (κ1) is 19.8. The Balaban J connectivity index is 1.89. The highest BCUT2D eigenvalue weighted by Crippen LogP contribution is 2.22. The van der Waals surface area contributed by atoms with Crippen molar-refractivity contribution in [2.75, 3.05) is 25.5 Å². The monoisotopic (exact) mass is 374 g/mol. The van der Waals surface area contributed by atoms with Crippen LogP contribution in [0.2, 0.25) is 5.02 Å². The zero-order valence-corrected chi connectivity index (χ0v) is 16.2. The molecule has 0 unspecified atom stereocenters. The summed E-state index contributed by atoms with van der Waals surface area (Å²) in [6.45, 7) is 5.70. The fourth-order valence-electron chi connectivity index (χ4n) is 2.67. The van der Waals surface area contributed by atoms with E-state index in [9.17, 15) is 9.59 Å². The number of benzene rings is 2. The lowest BCUT2D eigenvalue weighted by atomic mass is 10.1. The van der Waals surface area contributed by atoms with E-state index >= 15 is 0 Å². The molecule has 2 aromatic carbocycles. The first-order valence-electron chi connectivity index (χ1n) is 8.26. The summed E-state index contributed by atoms with van der Waals surface area (Å²) in [4.78, 5) is 25.8. The molecule has 2 aromatic rings. The summed E-state index contributed by atoms with van der Waals surface area (Å²) in [6, 6.07) is 10.8. The summed E-state index contributed by atoms with van der Waals surface area (Å²) in [5.41, 5.74) is 3.92. The molecule has 138 valence electrons. The maximum atomic E-state index is 12.3. The smallest absolute Gasteiger partial charge is 0.260 e. The minimum Gasteiger partial charge on any atom is -0.484 e. The van der Waals surface area contributed by atoms with Gasteiger partial charge in [0.15, 0.2) is 6.61 Å². The molecule has 2 amide bonds. The van der Waals surface area contributed by atoms with Crippen molar-refractivity contribution in [3.63, 3.8) is 0 Å². The zero-order chi connectivity index (χ0) is 19.3. The molecule has 0 heterocycles. The Kier molecular flexibility index (Phi) is 6.64. The maximum absolute atomic E-state index is 12.3. The van der Waals surface area contributed by atoms with Crippen molar-refractivity contribution >= 4 is 29.1 Å². The fourth-order valence-corrected chi connectivity index (χ4v) is 2.85. The van der Waals surface area contributed by atoms with Gasteiger partial charge in [-0.05, 0) is 50.1 Å². The lowest BCUT2D eigenvalue weighted by molar-refractivity contribution is -0.135. The average molecular weight is 375 g/mol. The lowest BCUT2D eigenvalue weighted by Crippen LogP contribution is -2.37. The van der Waals surface area contributed by atoms with E-state index < -0.39 is 0 Å². The van der Waals surface area contributed by atoms with Crippen LogP contribution in [0.25, 0.3) is 0 Å². The van der Waals surface area contributed by atoms with E-state index in [1.54, 1.807) is 31.3 Å². The van der Waals surface area contributed by atoms with Crippen LogP contribution in [0.15, 0.2) is 36.4 Å². The van der Waals surface area contributed by atoms with Gasteiger partial charge in [0, 0.05) is 17.8 Å². The highest BCUT2D eigenvalue weighted by atomic mass is 35.5. The molecule has 0 saturated heterocycles. The van der Waals surface area contributed by atoms with Crippen molar-refractivity contribution in [2.45, 2.75) is 20.8 Å². The second-order valence-electron chi connectivity index (χ2n) is 6.32. The molecule has 26 heavy (non-hydrogen) atoms. The number of rotatable bonds is 6. The molecule has 0 aromatic heterocycles. The van der Waals surface area contributed by atoms with Gasteiger partial charge in [-0.2, -0.15) is 0 Å². The molecular weight excluding hydrogens is 352 g/mol. The number of ether oxygens (including phenoxy) is 1. The number of halogens is 1. The molecule has 0 spiro atoms. The summed E-state index contributed by atoms with van der Waals surface area (Å²) in [6.07, 6.45) is 0. The number of carbonyl (C=O) groups is 2. The van der Waals surface area contributed by atoms with Crippen molar-refractivity contribution < 1.29 is 14.3 Å². The Morgan fingerprint density at radius 1 is 1.12 bits per heavy atom. The first-order valence-corrected chi connectivity index (χ1v) is 8.64. The Labute approximate surface area is 158 Å². The third kappa shape index (κ3) is 5.49. The van der Waals surface area contributed by atoms with Crippen LogP contribution >= 0.6 is 11.6 Å². The highest BCUT2D eigenvalue weighted by Gasteiger charge is 2.15. The number of hydrogen-bond donors (Lipinski definition) is 1. The van der Waals surface area contributed by atoms with Gasteiger partial charge in [-0.1, -0.05) is 35.4 Å². The van der Waals surface area contributed by atoms with Crippen molar-refractivity contribution in [2.24, 2.45) is 0 Å². The van der Waals surface area contributed by atoms with Gasteiger partial charge in [-0.15, -0.1) is 0 Å². The number of carbonyl (C=O) groups excluding carboxylic acids is 2. The third-order valence-corrected chi connectivity index (χ3v) is 4.14. The van der Waals surface area contributed by atoms with Gasteiger partial charge < -0.3 is 15.0 Å². The minimum atomic E-state index is -0.294. The standard InChI is InChI=1S/C20H23ClN2O3/c1-13-8-14(2)20(15(3)9-13)22-18(24)11-23(4)19(25)12-26-17-7-5-6-16(21)10-17/h5-10H,11-12H2,1-4H3,(H,22,24). The summed E-state index contributed by atoms with van der Waals surface area (Å²) in [7, 11) is 1.57. The van der Waals surface area contributed by atoms with E-state index in [4.69, 9.17) is 16.3 Å². The van der Waals surface area contributed by atoms with E-state index in [0.29, 0.717) is 10.8 Å². The van der Waals surface area contributed by atoms with Crippen LogP contribution in [-0.4, -0.2) is 36.9 Å². The Morgan fingerprint density at radius 2 is 1.77 bits per heavy atom. The predicted molar refractivity (Wildman–Crippen MR) is 104 cm³/mol. The Bertz CT molecular complexity index is 797. The van der Waals surface area contributed by atoms with Gasteiger partial charge in [-0.3, -0.25) is 9.59 Å². The van der Waals surface area contributed by atoms with Crippen molar-refractivity contribution in [1.82, 2.24) is 4.90 Å². The van der Waals surface area contributed by atoms with Crippen molar-refractivity contribution in [3.8, 4) is 5.75 Å². The second-order valence-corrected chi connectivity index (χ2v) is 6.75. The number of hydrogen-bond acceptors (Lipinski definition) is 3. The molecule has 0 atom stereocenters. The average Bonchev–Trinajstić information content (AvgIpc) is 2.56. The van der Waals surface area contributed by atoms with E-state index in [2.05, 4.69) is 5.32 Å². The molecule has 0 bridgehead atoms. The van der Waals surface area contributed by atoms with Crippen LogP contribution in [0.3, 0.4) is 0 Å². The molecule has 6 heteroatoms. The normalized spacial score (nSPS) is 10.3. The molecule has 0 aliphatic rings. The van der Waals surface area contributed by atoms with E-state index in [1.165, 1.54) is 4.90 Å². The lowest BCUT2D eigenvalue weighted by Gasteiger charge is -2.18. The molecule has 1 N–H and O–H groups in total. The molecule has 5 nitrogen and oxygen atoms in total. The van der Waals surface area contributed by atoms with Crippen LogP contribution in [0.5, 0.6) is 5.75 Å².